The van der Waals surface area contributed by atoms with Crippen LogP contribution in [0.4, 0.5) is 5.82 Å². The van der Waals surface area contributed by atoms with Crippen LogP contribution in [0, 0.1) is 0 Å². The van der Waals surface area contributed by atoms with Gasteiger partial charge in [-0.05, 0) is 28.5 Å². The van der Waals surface area contributed by atoms with Crippen LogP contribution in [0.25, 0.3) is 5.82 Å². The maximum Gasteiger partial charge on any atom is 0.293 e. The van der Waals surface area contributed by atoms with Crippen molar-refractivity contribution in [2.75, 3.05) is 12.8 Å². The largest absolute Gasteiger partial charge is 0.507 e. The number of nitrogens with two attached hydrogens (primary N) is 1. The van der Waals surface area contributed by atoms with Gasteiger partial charge in [-0.25, -0.2) is 10.1 Å². The van der Waals surface area contributed by atoms with E-state index in [0.29, 0.717) is 10.6 Å². The molecule has 0 aliphatic carbocycles. The predicted octanol–water partition coefficient (Wildman–Crippen LogP) is 0.502. The molecule has 140 valence electrons. The third-order valence-corrected chi connectivity index (χ3v) is 3.55. The molecule has 0 unspecified atom stereocenters. The summed E-state index contributed by atoms with van der Waals surface area (Å²) in [6, 6.07) is 4.41. The van der Waals surface area contributed by atoms with Gasteiger partial charge in [-0.2, -0.15) is 9.78 Å². The number of aromatic nitrogens is 5. The third kappa shape index (κ3) is 3.86. The number of methoxy groups -OCH3 is 1. The maximum absolute atomic E-state index is 12.4. The van der Waals surface area contributed by atoms with Gasteiger partial charge in [-0.1, -0.05) is 16.8 Å². The zero-order chi connectivity index (χ0) is 19.4. The summed E-state index contributed by atoms with van der Waals surface area (Å²) in [7, 11) is 1.43. The maximum atomic E-state index is 12.4. The average Bonchev–Trinajstić information content (AvgIpc) is 3.24. The molecule has 1 aromatic carbocycles. The number of halogens is 1. The molecule has 12 nitrogen and oxygen atoms in total. The predicted molar refractivity (Wildman–Crippen MR) is 92.5 cm³/mol. The SMILES string of the molecule is COCc1c(C(=O)N/N=C/c2cc(Cl)ccc2O)nnn1-c1nonc1N. The molecule has 13 heteroatoms. The number of carbonyl (C=O) groups is 1. The Balaban J connectivity index is 1.82. The molecule has 0 fully saturated rings. The lowest BCUT2D eigenvalue weighted by Gasteiger charge is -2.04. The Hall–Kier alpha value is -3.51. The van der Waals surface area contributed by atoms with Crippen molar-refractivity contribution < 1.29 is 19.3 Å². The highest BCUT2D eigenvalue weighted by atomic mass is 35.5. The Labute approximate surface area is 156 Å². The summed E-state index contributed by atoms with van der Waals surface area (Å²) in [6.07, 6.45) is 1.24. The number of hydrogen-bond donors (Lipinski definition) is 3. The average molecular weight is 393 g/mol. The number of rotatable bonds is 6. The van der Waals surface area contributed by atoms with Gasteiger partial charge >= 0.3 is 0 Å². The van der Waals surface area contributed by atoms with E-state index >= 15 is 0 Å². The molecule has 0 radical (unpaired) electrons. The summed E-state index contributed by atoms with van der Waals surface area (Å²) < 4.78 is 10.8. The fourth-order valence-corrected chi connectivity index (χ4v) is 2.27. The lowest BCUT2D eigenvalue weighted by molar-refractivity contribution is 0.0944. The number of phenols is 1. The van der Waals surface area contributed by atoms with Crippen LogP contribution in [-0.4, -0.2) is 49.6 Å². The molecule has 2 aromatic heterocycles. The van der Waals surface area contributed by atoms with Crippen LogP contribution in [0.5, 0.6) is 5.75 Å². The van der Waals surface area contributed by atoms with Crippen LogP contribution in [0.15, 0.2) is 27.9 Å². The number of nitrogens with one attached hydrogen (secondary N) is 1. The molecular formula is C14H13ClN8O4. The number of hydrogen-bond acceptors (Lipinski definition) is 10. The van der Waals surface area contributed by atoms with Gasteiger partial charge in [0.05, 0.1) is 12.8 Å². The summed E-state index contributed by atoms with van der Waals surface area (Å²) in [4.78, 5) is 12.4. The number of carbonyl (C=O) groups excluding carboxylic acids is 1. The number of nitrogen functional groups attached to an aromatic ring is 1. The Morgan fingerprint density at radius 3 is 3.04 bits per heavy atom. The van der Waals surface area contributed by atoms with E-state index in [1.165, 1.54) is 36.2 Å². The van der Waals surface area contributed by atoms with E-state index in [4.69, 9.17) is 22.1 Å². The van der Waals surface area contributed by atoms with Crippen LogP contribution >= 0.6 is 11.6 Å². The lowest BCUT2D eigenvalue weighted by atomic mass is 10.2. The summed E-state index contributed by atoms with van der Waals surface area (Å²) in [6.45, 7) is -0.0130. The standard InChI is InChI=1S/C14H13ClN8O4/c1-26-6-9-11(18-22-23(9)13-12(16)20-27-21-13)14(25)19-17-5-7-4-8(15)2-3-10(7)24/h2-5,24H,6H2,1H3,(H2,16,20)(H,19,25)/b17-5+. The zero-order valence-corrected chi connectivity index (χ0v) is 14.6. The topological polar surface area (TPSA) is 167 Å². The quantitative estimate of drug-likeness (QED) is 0.399. The summed E-state index contributed by atoms with van der Waals surface area (Å²) in [5.74, 6) is -0.668. The minimum atomic E-state index is -0.666. The first-order chi connectivity index (χ1) is 13.0. The Morgan fingerprint density at radius 1 is 1.52 bits per heavy atom. The molecular weight excluding hydrogens is 380 g/mol. The van der Waals surface area contributed by atoms with E-state index in [1.807, 2.05) is 0 Å². The lowest BCUT2D eigenvalue weighted by Crippen LogP contribution is -2.20. The Kier molecular flexibility index (Phi) is 5.28. The van der Waals surface area contributed by atoms with Crippen LogP contribution in [-0.2, 0) is 11.3 Å². The van der Waals surface area contributed by atoms with Crippen LogP contribution in [0.1, 0.15) is 21.7 Å². The highest BCUT2D eigenvalue weighted by Crippen LogP contribution is 2.19. The number of benzene rings is 1. The van der Waals surface area contributed by atoms with Gasteiger partial charge in [0.15, 0.2) is 5.69 Å². The molecule has 0 atom stereocenters. The number of nitrogens with zero attached hydrogens (tertiary/aromatic N) is 6. The number of amides is 1. The highest BCUT2D eigenvalue weighted by molar-refractivity contribution is 6.30. The zero-order valence-electron chi connectivity index (χ0n) is 13.8. The van der Waals surface area contributed by atoms with Crippen LogP contribution in [0.2, 0.25) is 5.02 Å². The molecule has 0 aliphatic heterocycles. The second-order valence-electron chi connectivity index (χ2n) is 5.10. The monoisotopic (exact) mass is 392 g/mol. The molecule has 3 rings (SSSR count). The highest BCUT2D eigenvalue weighted by Gasteiger charge is 2.23. The van der Waals surface area contributed by atoms with Crippen molar-refractivity contribution in [2.24, 2.45) is 5.10 Å². The normalized spacial score (nSPS) is 11.2. The van der Waals surface area contributed by atoms with Gasteiger partial charge in [0, 0.05) is 17.7 Å². The molecule has 4 N–H and O–H groups in total. The minimum Gasteiger partial charge on any atom is -0.507 e. The number of aromatic hydroxyl groups is 1. The molecule has 0 spiro atoms. The Morgan fingerprint density at radius 2 is 2.33 bits per heavy atom. The first-order valence-electron chi connectivity index (χ1n) is 7.35. The number of anilines is 1. The first-order valence-corrected chi connectivity index (χ1v) is 7.73. The van der Waals surface area contributed by atoms with Crippen molar-refractivity contribution >= 4 is 29.5 Å². The summed E-state index contributed by atoms with van der Waals surface area (Å²) in [5.41, 5.74) is 8.44. The number of phenolic OH excluding ortho intramolecular Hbond substituents is 1. The molecule has 0 saturated heterocycles. The third-order valence-electron chi connectivity index (χ3n) is 3.31. The summed E-state index contributed by atoms with van der Waals surface area (Å²) in [5, 5.41) is 28.6. The smallest absolute Gasteiger partial charge is 0.293 e. The minimum absolute atomic E-state index is 0.0130. The Bertz CT molecular complexity index is 999. The molecule has 0 aliphatic rings. The molecule has 1 amide bonds. The van der Waals surface area contributed by atoms with E-state index in [2.05, 4.69) is 35.8 Å². The van der Waals surface area contributed by atoms with Crippen molar-refractivity contribution in [3.05, 3.63) is 40.2 Å². The number of ether oxygens (including phenoxy) is 1. The van der Waals surface area contributed by atoms with Gasteiger partial charge in [0.25, 0.3) is 5.91 Å². The second kappa shape index (κ2) is 7.80. The van der Waals surface area contributed by atoms with E-state index in [9.17, 15) is 9.90 Å². The molecule has 3 aromatic rings. The van der Waals surface area contributed by atoms with Gasteiger partial charge in [-0.15, -0.1) is 5.10 Å². The van der Waals surface area contributed by atoms with Gasteiger partial charge < -0.3 is 15.6 Å². The fourth-order valence-electron chi connectivity index (χ4n) is 2.09. The fraction of sp³-hybridized carbons (Fsp3) is 0.143. The van der Waals surface area contributed by atoms with E-state index in [-0.39, 0.29) is 35.4 Å². The van der Waals surface area contributed by atoms with E-state index in [1.54, 1.807) is 0 Å². The van der Waals surface area contributed by atoms with Crippen molar-refractivity contribution in [1.82, 2.24) is 30.7 Å². The van der Waals surface area contributed by atoms with Crippen LogP contribution in [0.3, 0.4) is 0 Å². The van der Waals surface area contributed by atoms with Crippen molar-refractivity contribution in [1.29, 1.82) is 0 Å². The van der Waals surface area contributed by atoms with E-state index < -0.39 is 5.91 Å². The molecule has 0 bridgehead atoms. The first kappa shape index (κ1) is 18.3. The van der Waals surface area contributed by atoms with Crippen LogP contribution < -0.4 is 11.2 Å². The summed E-state index contributed by atoms with van der Waals surface area (Å²) >= 11 is 5.85. The van der Waals surface area contributed by atoms with Gasteiger partial charge in [-0.3, -0.25) is 4.79 Å². The van der Waals surface area contributed by atoms with Crippen molar-refractivity contribution in [3.8, 4) is 11.6 Å². The molecule has 27 heavy (non-hydrogen) atoms. The molecule has 2 heterocycles. The van der Waals surface area contributed by atoms with Crippen molar-refractivity contribution in [3.63, 3.8) is 0 Å². The van der Waals surface area contributed by atoms with Gasteiger partial charge in [0.2, 0.25) is 11.6 Å². The van der Waals surface area contributed by atoms with Gasteiger partial charge in [0.1, 0.15) is 11.4 Å². The van der Waals surface area contributed by atoms with Crippen molar-refractivity contribution in [2.45, 2.75) is 6.61 Å². The molecule has 0 saturated carbocycles. The second-order valence-corrected chi connectivity index (χ2v) is 5.54. The number of hydrazone groups is 1. The van der Waals surface area contributed by atoms with E-state index in [0.717, 1.165) is 0 Å².